The largest absolute Gasteiger partial charge is 0.266 e. The van der Waals surface area contributed by atoms with Crippen molar-refractivity contribution in [3.8, 4) is 0 Å². The fourth-order valence-electron chi connectivity index (χ4n) is 2.11. The zero-order valence-electron chi connectivity index (χ0n) is 8.21. The average Bonchev–Trinajstić information content (AvgIpc) is 2.69. The van der Waals surface area contributed by atoms with Gasteiger partial charge in [-0.2, -0.15) is 0 Å². The molecule has 0 aliphatic carbocycles. The number of hydrogen-bond acceptors (Lipinski definition) is 3. The van der Waals surface area contributed by atoms with Crippen LogP contribution in [0.1, 0.15) is 12.5 Å². The van der Waals surface area contributed by atoms with Crippen molar-refractivity contribution in [1.29, 1.82) is 0 Å². The second kappa shape index (κ2) is 2.61. The molecule has 78 valence electrons. The third kappa shape index (κ3) is 0.958. The Hall–Kier alpha value is -1.36. The minimum atomic E-state index is -3.33. The lowest BCUT2D eigenvalue weighted by atomic mass is 10.2. The zero-order chi connectivity index (χ0) is 10.6. The molecule has 0 amide bonds. The van der Waals surface area contributed by atoms with E-state index in [1.165, 1.54) is 4.31 Å². The van der Waals surface area contributed by atoms with Crippen LogP contribution in [0.15, 0.2) is 34.2 Å². The molecule has 2 aliphatic heterocycles. The maximum absolute atomic E-state index is 12.1. The summed E-state index contributed by atoms with van der Waals surface area (Å²) in [5, 5.41) is 0. The van der Waals surface area contributed by atoms with Gasteiger partial charge in [-0.3, -0.25) is 4.99 Å². The van der Waals surface area contributed by atoms with E-state index in [-0.39, 0.29) is 6.04 Å². The summed E-state index contributed by atoms with van der Waals surface area (Å²) >= 11 is 0. The van der Waals surface area contributed by atoms with Gasteiger partial charge < -0.3 is 0 Å². The summed E-state index contributed by atoms with van der Waals surface area (Å²) in [4.78, 5) is 4.66. The molecule has 2 heterocycles. The molecule has 0 saturated heterocycles. The van der Waals surface area contributed by atoms with E-state index in [1.807, 2.05) is 19.1 Å². The first-order chi connectivity index (χ1) is 7.12. The summed E-state index contributed by atoms with van der Waals surface area (Å²) in [5.74, 6) is 0.609. The Morgan fingerprint density at radius 2 is 2.13 bits per heavy atom. The van der Waals surface area contributed by atoms with Gasteiger partial charge in [-0.05, 0) is 19.1 Å². The molecule has 0 bridgehead atoms. The molecule has 3 rings (SSSR count). The van der Waals surface area contributed by atoms with Crippen LogP contribution in [0.25, 0.3) is 0 Å². The molecule has 0 fully saturated rings. The van der Waals surface area contributed by atoms with Gasteiger partial charge in [0.2, 0.25) is 0 Å². The number of rotatable bonds is 0. The fourth-order valence-corrected chi connectivity index (χ4v) is 3.93. The Kier molecular flexibility index (Phi) is 1.55. The van der Waals surface area contributed by atoms with Crippen molar-refractivity contribution in [3.63, 3.8) is 0 Å². The van der Waals surface area contributed by atoms with Gasteiger partial charge in [0.05, 0.1) is 17.5 Å². The van der Waals surface area contributed by atoms with Crippen LogP contribution in [-0.4, -0.2) is 31.1 Å². The number of amidine groups is 1. The fraction of sp³-hybridized carbons (Fsp3) is 0.300. The van der Waals surface area contributed by atoms with E-state index in [2.05, 4.69) is 4.99 Å². The summed E-state index contributed by atoms with van der Waals surface area (Å²) in [7, 11) is -3.33. The number of hydrogen-bond donors (Lipinski definition) is 0. The van der Waals surface area contributed by atoms with Crippen molar-refractivity contribution < 1.29 is 8.42 Å². The predicted molar refractivity (Wildman–Crippen MR) is 56.3 cm³/mol. The maximum atomic E-state index is 12.1. The van der Waals surface area contributed by atoms with Gasteiger partial charge in [-0.25, -0.2) is 12.7 Å². The molecule has 4 nitrogen and oxygen atoms in total. The van der Waals surface area contributed by atoms with Crippen molar-refractivity contribution >= 4 is 15.9 Å². The second-order valence-corrected chi connectivity index (χ2v) is 5.59. The van der Waals surface area contributed by atoms with E-state index in [1.54, 1.807) is 12.1 Å². The minimum absolute atomic E-state index is 0.0580. The van der Waals surface area contributed by atoms with Gasteiger partial charge in [0.25, 0.3) is 10.0 Å². The molecule has 5 heteroatoms. The topological polar surface area (TPSA) is 49.7 Å². The van der Waals surface area contributed by atoms with Crippen LogP contribution in [0.3, 0.4) is 0 Å². The summed E-state index contributed by atoms with van der Waals surface area (Å²) < 4.78 is 25.7. The lowest BCUT2D eigenvalue weighted by molar-refractivity contribution is 0.487. The molecule has 1 atom stereocenters. The Bertz CT molecular complexity index is 563. The van der Waals surface area contributed by atoms with Crippen LogP contribution in [0.2, 0.25) is 0 Å². The highest BCUT2D eigenvalue weighted by Gasteiger charge is 2.44. The molecule has 0 radical (unpaired) electrons. The third-order valence-corrected chi connectivity index (χ3v) is 4.74. The van der Waals surface area contributed by atoms with Crippen LogP contribution >= 0.6 is 0 Å². The van der Waals surface area contributed by atoms with Crippen molar-refractivity contribution in [1.82, 2.24) is 4.31 Å². The van der Waals surface area contributed by atoms with Crippen LogP contribution in [0.4, 0.5) is 0 Å². The molecule has 0 N–H and O–H groups in total. The molecule has 0 saturated carbocycles. The van der Waals surface area contributed by atoms with E-state index < -0.39 is 10.0 Å². The molecular formula is C10H10N2O2S. The first kappa shape index (κ1) is 8.91. The number of aliphatic imine (C=N–C) groups is 1. The van der Waals surface area contributed by atoms with E-state index in [4.69, 9.17) is 0 Å². The summed E-state index contributed by atoms with van der Waals surface area (Å²) in [5.41, 5.74) is 0.738. The normalized spacial score (nSPS) is 26.1. The second-order valence-electron chi connectivity index (χ2n) is 3.81. The summed E-state index contributed by atoms with van der Waals surface area (Å²) in [6.45, 7) is 2.43. The van der Waals surface area contributed by atoms with Gasteiger partial charge in [-0.15, -0.1) is 0 Å². The van der Waals surface area contributed by atoms with Crippen molar-refractivity contribution in [3.05, 3.63) is 29.8 Å². The molecule has 1 unspecified atom stereocenters. The van der Waals surface area contributed by atoms with Crippen LogP contribution in [0, 0.1) is 0 Å². The van der Waals surface area contributed by atoms with Crippen molar-refractivity contribution in [2.24, 2.45) is 4.99 Å². The Morgan fingerprint density at radius 3 is 2.93 bits per heavy atom. The minimum Gasteiger partial charge on any atom is -0.265 e. The Labute approximate surface area is 88.3 Å². The number of fused-ring (bicyclic) bond motifs is 3. The molecule has 0 aromatic heterocycles. The Balaban J connectivity index is 2.36. The van der Waals surface area contributed by atoms with E-state index in [0.29, 0.717) is 17.3 Å². The molecule has 15 heavy (non-hydrogen) atoms. The summed E-state index contributed by atoms with van der Waals surface area (Å²) in [6, 6.07) is 6.96. The lowest BCUT2D eigenvalue weighted by Crippen LogP contribution is -2.34. The van der Waals surface area contributed by atoms with Crippen LogP contribution < -0.4 is 0 Å². The zero-order valence-corrected chi connectivity index (χ0v) is 9.03. The van der Waals surface area contributed by atoms with Gasteiger partial charge >= 0.3 is 0 Å². The molecule has 2 aliphatic rings. The molecule has 0 spiro atoms. The van der Waals surface area contributed by atoms with E-state index in [9.17, 15) is 8.42 Å². The first-order valence-electron chi connectivity index (χ1n) is 4.80. The molecular weight excluding hydrogens is 212 g/mol. The lowest BCUT2D eigenvalue weighted by Gasteiger charge is -2.17. The van der Waals surface area contributed by atoms with E-state index >= 15 is 0 Å². The highest BCUT2D eigenvalue weighted by atomic mass is 32.2. The SMILES string of the molecule is CC1CN=C2c3ccccc3S(=O)(=O)N21. The molecule has 1 aromatic carbocycles. The quantitative estimate of drug-likeness (QED) is 0.653. The number of benzene rings is 1. The monoisotopic (exact) mass is 222 g/mol. The maximum Gasteiger partial charge on any atom is 0.266 e. The highest BCUT2D eigenvalue weighted by molar-refractivity contribution is 7.90. The van der Waals surface area contributed by atoms with Crippen molar-refractivity contribution in [2.45, 2.75) is 17.9 Å². The van der Waals surface area contributed by atoms with Gasteiger partial charge in [0.15, 0.2) is 0 Å². The summed E-state index contributed by atoms with van der Waals surface area (Å²) in [6.07, 6.45) is 0. The van der Waals surface area contributed by atoms with Gasteiger partial charge in [0.1, 0.15) is 5.84 Å². The standard InChI is InChI=1S/C10H10N2O2S/c1-7-6-11-10-8-4-2-3-5-9(8)15(13,14)12(7)10/h2-5,7H,6H2,1H3. The van der Waals surface area contributed by atoms with Gasteiger partial charge in [-0.1, -0.05) is 12.1 Å². The number of sulfonamides is 1. The smallest absolute Gasteiger partial charge is 0.265 e. The van der Waals surface area contributed by atoms with Gasteiger partial charge in [0, 0.05) is 5.56 Å². The Morgan fingerprint density at radius 1 is 1.40 bits per heavy atom. The van der Waals surface area contributed by atoms with E-state index in [0.717, 1.165) is 5.56 Å². The average molecular weight is 222 g/mol. The highest BCUT2D eigenvalue weighted by Crippen LogP contribution is 2.34. The number of nitrogens with zero attached hydrogens (tertiary/aromatic N) is 2. The predicted octanol–water partition coefficient (Wildman–Crippen LogP) is 0.840. The van der Waals surface area contributed by atoms with Crippen LogP contribution in [0.5, 0.6) is 0 Å². The van der Waals surface area contributed by atoms with Crippen molar-refractivity contribution in [2.75, 3.05) is 6.54 Å². The first-order valence-corrected chi connectivity index (χ1v) is 6.24. The van der Waals surface area contributed by atoms with Crippen LogP contribution in [-0.2, 0) is 10.0 Å². The third-order valence-electron chi connectivity index (χ3n) is 2.78. The molecule has 1 aromatic rings.